The summed E-state index contributed by atoms with van der Waals surface area (Å²) in [6.45, 7) is 0.203. The maximum atomic E-state index is 13.4. The second kappa shape index (κ2) is 6.25. The van der Waals surface area contributed by atoms with Crippen LogP contribution >= 0.6 is 0 Å². The molecule has 0 aliphatic heterocycles. The van der Waals surface area contributed by atoms with Gasteiger partial charge in [-0.2, -0.15) is 0 Å². The average molecular weight is 255 g/mol. The van der Waals surface area contributed by atoms with Crippen molar-refractivity contribution in [2.45, 2.75) is 44.4 Å². The first-order valence-corrected chi connectivity index (χ1v) is 6.43. The molecular formula is C14H19F2NO. The summed E-state index contributed by atoms with van der Waals surface area (Å²) in [5.74, 6) is -1.09. The van der Waals surface area contributed by atoms with E-state index in [1.54, 1.807) is 0 Å². The van der Waals surface area contributed by atoms with Crippen LogP contribution in [0.3, 0.4) is 0 Å². The van der Waals surface area contributed by atoms with Gasteiger partial charge in [0.2, 0.25) is 0 Å². The summed E-state index contributed by atoms with van der Waals surface area (Å²) >= 11 is 0. The maximum Gasteiger partial charge on any atom is 0.131 e. The van der Waals surface area contributed by atoms with E-state index >= 15 is 0 Å². The number of halogens is 2. The Morgan fingerprint density at radius 2 is 2.06 bits per heavy atom. The highest BCUT2D eigenvalue weighted by atomic mass is 19.1. The first kappa shape index (κ1) is 13.4. The first-order chi connectivity index (χ1) is 8.70. The molecule has 1 aliphatic carbocycles. The molecule has 1 fully saturated rings. The zero-order valence-electron chi connectivity index (χ0n) is 10.6. The molecule has 1 aromatic carbocycles. The number of nitrogens with one attached hydrogen (secondary N) is 1. The van der Waals surface area contributed by atoms with Crippen molar-refractivity contribution in [3.05, 3.63) is 35.4 Å². The monoisotopic (exact) mass is 255 g/mol. The van der Waals surface area contributed by atoms with E-state index < -0.39 is 11.6 Å². The molecule has 0 spiro atoms. The number of benzene rings is 1. The fourth-order valence-electron chi connectivity index (χ4n) is 2.46. The largest absolute Gasteiger partial charge is 0.372 e. The molecule has 0 amide bonds. The van der Waals surface area contributed by atoms with Crippen LogP contribution in [0.25, 0.3) is 0 Å². The molecule has 2 rings (SSSR count). The molecule has 0 heterocycles. The van der Waals surface area contributed by atoms with E-state index in [9.17, 15) is 8.78 Å². The molecular weight excluding hydrogens is 236 g/mol. The number of likely N-dealkylation sites (N-methyl/N-ethyl adjacent to an activating group) is 1. The Labute approximate surface area is 106 Å². The minimum atomic E-state index is -0.554. The van der Waals surface area contributed by atoms with Gasteiger partial charge in [0.1, 0.15) is 11.6 Å². The van der Waals surface area contributed by atoms with E-state index in [-0.39, 0.29) is 12.7 Å². The molecule has 0 aromatic heterocycles. The molecule has 4 heteroatoms. The molecule has 18 heavy (non-hydrogen) atoms. The van der Waals surface area contributed by atoms with Crippen molar-refractivity contribution >= 4 is 0 Å². The fourth-order valence-corrected chi connectivity index (χ4v) is 2.46. The van der Waals surface area contributed by atoms with Gasteiger partial charge < -0.3 is 10.1 Å². The molecule has 0 saturated heterocycles. The van der Waals surface area contributed by atoms with Crippen LogP contribution in [0, 0.1) is 11.6 Å². The molecule has 2 unspecified atom stereocenters. The SMILES string of the molecule is CNC1CCCCC1OCc1ccc(F)cc1F. The van der Waals surface area contributed by atoms with Gasteiger partial charge in [0.05, 0.1) is 12.7 Å². The summed E-state index contributed by atoms with van der Waals surface area (Å²) < 4.78 is 32.0. The van der Waals surface area contributed by atoms with Gasteiger partial charge in [-0.3, -0.25) is 0 Å². The highest BCUT2D eigenvalue weighted by Crippen LogP contribution is 2.22. The normalized spacial score (nSPS) is 24.2. The molecule has 2 atom stereocenters. The van der Waals surface area contributed by atoms with E-state index in [4.69, 9.17) is 4.74 Å². The second-order valence-corrected chi connectivity index (χ2v) is 4.76. The maximum absolute atomic E-state index is 13.4. The lowest BCUT2D eigenvalue weighted by atomic mass is 9.92. The third-order valence-corrected chi connectivity index (χ3v) is 3.54. The highest BCUT2D eigenvalue weighted by molar-refractivity contribution is 5.17. The van der Waals surface area contributed by atoms with Gasteiger partial charge in [-0.25, -0.2) is 8.78 Å². The Balaban J connectivity index is 1.93. The van der Waals surface area contributed by atoms with E-state index in [2.05, 4.69) is 5.32 Å². The molecule has 100 valence electrons. The van der Waals surface area contributed by atoms with Crippen molar-refractivity contribution in [1.29, 1.82) is 0 Å². The zero-order chi connectivity index (χ0) is 13.0. The van der Waals surface area contributed by atoms with Crippen molar-refractivity contribution in [2.75, 3.05) is 7.05 Å². The topological polar surface area (TPSA) is 21.3 Å². The quantitative estimate of drug-likeness (QED) is 0.893. The summed E-state index contributed by atoms with van der Waals surface area (Å²) in [5.41, 5.74) is 0.414. The Hall–Kier alpha value is -1.00. The van der Waals surface area contributed by atoms with E-state index in [1.807, 2.05) is 7.05 Å². The lowest BCUT2D eigenvalue weighted by Gasteiger charge is -2.31. The van der Waals surface area contributed by atoms with Gasteiger partial charge in [0, 0.05) is 17.7 Å². The van der Waals surface area contributed by atoms with Crippen LogP contribution in [0.5, 0.6) is 0 Å². The van der Waals surface area contributed by atoms with Crippen molar-refractivity contribution in [2.24, 2.45) is 0 Å². The zero-order valence-corrected chi connectivity index (χ0v) is 10.6. The third kappa shape index (κ3) is 3.27. The van der Waals surface area contributed by atoms with Crippen molar-refractivity contribution in [1.82, 2.24) is 5.32 Å². The Bertz CT molecular complexity index is 397. The predicted octanol–water partition coefficient (Wildman–Crippen LogP) is 3.01. The van der Waals surface area contributed by atoms with Gasteiger partial charge >= 0.3 is 0 Å². The van der Waals surface area contributed by atoms with Crippen LogP contribution < -0.4 is 5.32 Å². The minimum absolute atomic E-state index is 0.119. The van der Waals surface area contributed by atoms with Crippen molar-refractivity contribution in [3.8, 4) is 0 Å². The van der Waals surface area contributed by atoms with Crippen LogP contribution in [-0.4, -0.2) is 19.2 Å². The summed E-state index contributed by atoms with van der Waals surface area (Å²) in [6, 6.07) is 3.94. The summed E-state index contributed by atoms with van der Waals surface area (Å²) in [7, 11) is 1.92. The Kier molecular flexibility index (Phi) is 4.66. The van der Waals surface area contributed by atoms with E-state index in [1.165, 1.54) is 18.6 Å². The molecule has 1 aliphatic rings. The van der Waals surface area contributed by atoms with Crippen LogP contribution in [0.15, 0.2) is 18.2 Å². The van der Waals surface area contributed by atoms with Crippen LogP contribution in [0.2, 0.25) is 0 Å². The highest BCUT2D eigenvalue weighted by Gasteiger charge is 2.24. The molecule has 1 N–H and O–H groups in total. The molecule has 1 saturated carbocycles. The smallest absolute Gasteiger partial charge is 0.131 e. The van der Waals surface area contributed by atoms with Crippen LogP contribution in [0.1, 0.15) is 31.2 Å². The Morgan fingerprint density at radius 1 is 1.28 bits per heavy atom. The van der Waals surface area contributed by atoms with Crippen LogP contribution in [-0.2, 0) is 11.3 Å². The molecule has 0 radical (unpaired) electrons. The van der Waals surface area contributed by atoms with E-state index in [0.29, 0.717) is 11.6 Å². The predicted molar refractivity (Wildman–Crippen MR) is 66.3 cm³/mol. The van der Waals surface area contributed by atoms with Crippen molar-refractivity contribution < 1.29 is 13.5 Å². The standard InChI is InChI=1S/C14H19F2NO/c1-17-13-4-2-3-5-14(13)18-9-10-6-7-11(15)8-12(10)16/h6-8,13-14,17H,2-5,9H2,1H3. The van der Waals surface area contributed by atoms with Gasteiger partial charge in [0.15, 0.2) is 0 Å². The second-order valence-electron chi connectivity index (χ2n) is 4.76. The fraction of sp³-hybridized carbons (Fsp3) is 0.571. The number of rotatable bonds is 4. The Morgan fingerprint density at radius 3 is 2.78 bits per heavy atom. The molecule has 2 nitrogen and oxygen atoms in total. The lowest BCUT2D eigenvalue weighted by Crippen LogP contribution is -2.41. The van der Waals surface area contributed by atoms with Gasteiger partial charge in [-0.05, 0) is 26.0 Å². The van der Waals surface area contributed by atoms with Gasteiger partial charge in [-0.1, -0.05) is 18.9 Å². The number of hydrogen-bond acceptors (Lipinski definition) is 2. The minimum Gasteiger partial charge on any atom is -0.372 e. The summed E-state index contributed by atoms with van der Waals surface area (Å²) in [4.78, 5) is 0. The van der Waals surface area contributed by atoms with Crippen molar-refractivity contribution in [3.63, 3.8) is 0 Å². The number of hydrogen-bond donors (Lipinski definition) is 1. The lowest BCUT2D eigenvalue weighted by molar-refractivity contribution is -0.00472. The summed E-state index contributed by atoms with van der Waals surface area (Å²) in [5, 5.41) is 3.24. The van der Waals surface area contributed by atoms with Crippen LogP contribution in [0.4, 0.5) is 8.78 Å². The first-order valence-electron chi connectivity index (χ1n) is 6.43. The third-order valence-electron chi connectivity index (χ3n) is 3.54. The van der Waals surface area contributed by atoms with E-state index in [0.717, 1.165) is 25.3 Å². The molecule has 0 bridgehead atoms. The summed E-state index contributed by atoms with van der Waals surface area (Å²) in [6.07, 6.45) is 4.56. The van der Waals surface area contributed by atoms with Gasteiger partial charge in [0.25, 0.3) is 0 Å². The number of ether oxygens (including phenoxy) is 1. The van der Waals surface area contributed by atoms with Gasteiger partial charge in [-0.15, -0.1) is 0 Å². The molecule has 1 aromatic rings. The average Bonchev–Trinajstić information content (AvgIpc) is 2.38.